The minimum Gasteiger partial charge on any atom is -0.372 e. The minimum atomic E-state index is 0.0335. The van der Waals surface area contributed by atoms with Gasteiger partial charge in [-0.25, -0.2) is 0 Å². The third kappa shape index (κ3) is 1.95. The monoisotopic (exact) mass is 162 g/mol. The van der Waals surface area contributed by atoms with Crippen LogP contribution in [-0.4, -0.2) is 7.11 Å². The van der Waals surface area contributed by atoms with Crippen LogP contribution in [0.3, 0.4) is 0 Å². The average Bonchev–Trinajstić information content (AvgIpc) is 2.07. The van der Waals surface area contributed by atoms with Crippen molar-refractivity contribution < 1.29 is 4.74 Å². The third-order valence-corrected chi connectivity index (χ3v) is 1.79. The lowest BCUT2D eigenvalue weighted by atomic mass is 10.0. The summed E-state index contributed by atoms with van der Waals surface area (Å²) < 4.78 is 5.30. The van der Waals surface area contributed by atoms with E-state index in [-0.39, 0.29) is 6.10 Å². The van der Waals surface area contributed by atoms with Gasteiger partial charge >= 0.3 is 0 Å². The highest BCUT2D eigenvalue weighted by atomic mass is 16.5. The minimum absolute atomic E-state index is 0.0335. The lowest BCUT2D eigenvalue weighted by Gasteiger charge is -2.14. The molecule has 0 spiro atoms. The molecule has 0 saturated heterocycles. The Hall–Kier alpha value is -1.08. The fourth-order valence-corrected chi connectivity index (χ4v) is 1.25. The second-order valence-electron chi connectivity index (χ2n) is 2.87. The molecule has 0 bridgehead atoms. The van der Waals surface area contributed by atoms with Gasteiger partial charge in [0, 0.05) is 7.11 Å². The molecule has 0 unspecified atom stereocenters. The Bertz CT molecular complexity index is 251. The molecule has 0 heterocycles. The van der Waals surface area contributed by atoms with Crippen LogP contribution in [0.5, 0.6) is 0 Å². The summed E-state index contributed by atoms with van der Waals surface area (Å²) in [7, 11) is 1.70. The number of hydrogen-bond acceptors (Lipinski definition) is 1. The Labute approximate surface area is 73.7 Å². The fourth-order valence-electron chi connectivity index (χ4n) is 1.25. The summed E-state index contributed by atoms with van der Waals surface area (Å²) in [6.07, 6.45) is 0.0335. The summed E-state index contributed by atoms with van der Waals surface area (Å²) >= 11 is 0. The zero-order valence-corrected chi connectivity index (χ0v) is 7.58. The van der Waals surface area contributed by atoms with Crippen LogP contribution in [0.25, 0.3) is 0 Å². The molecular weight excluding hydrogens is 148 g/mol. The van der Waals surface area contributed by atoms with Crippen LogP contribution < -0.4 is 0 Å². The van der Waals surface area contributed by atoms with Crippen molar-refractivity contribution in [3.05, 3.63) is 48.0 Å². The molecule has 0 N–H and O–H groups in total. The van der Waals surface area contributed by atoms with Gasteiger partial charge in [0.25, 0.3) is 0 Å². The Morgan fingerprint density at radius 1 is 1.33 bits per heavy atom. The smallest absolute Gasteiger partial charge is 0.103 e. The highest BCUT2D eigenvalue weighted by molar-refractivity contribution is 5.23. The van der Waals surface area contributed by atoms with Gasteiger partial charge in [0.1, 0.15) is 6.10 Å². The number of hydrogen-bond donors (Lipinski definition) is 0. The molecule has 12 heavy (non-hydrogen) atoms. The van der Waals surface area contributed by atoms with Gasteiger partial charge in [0.2, 0.25) is 0 Å². The van der Waals surface area contributed by atoms with Gasteiger partial charge in [-0.1, -0.05) is 36.9 Å². The summed E-state index contributed by atoms with van der Waals surface area (Å²) in [5, 5.41) is 0. The maximum Gasteiger partial charge on any atom is 0.103 e. The van der Waals surface area contributed by atoms with Crippen LogP contribution in [0.4, 0.5) is 0 Å². The maximum atomic E-state index is 5.30. The van der Waals surface area contributed by atoms with E-state index in [4.69, 9.17) is 4.74 Å². The van der Waals surface area contributed by atoms with E-state index < -0.39 is 0 Å². The van der Waals surface area contributed by atoms with Gasteiger partial charge in [-0.2, -0.15) is 0 Å². The molecular formula is C11H14O. The van der Waals surface area contributed by atoms with Crippen LogP contribution in [0.15, 0.2) is 42.5 Å². The molecule has 1 aromatic carbocycles. The van der Waals surface area contributed by atoms with Crippen molar-refractivity contribution in [2.45, 2.75) is 13.0 Å². The number of ether oxygens (including phenoxy) is 1. The van der Waals surface area contributed by atoms with Gasteiger partial charge < -0.3 is 4.74 Å². The van der Waals surface area contributed by atoms with Crippen LogP contribution in [0.1, 0.15) is 18.6 Å². The average molecular weight is 162 g/mol. The fraction of sp³-hybridized carbons (Fsp3) is 0.273. The Morgan fingerprint density at radius 3 is 2.33 bits per heavy atom. The lowest BCUT2D eigenvalue weighted by Crippen LogP contribution is -2.01. The molecule has 0 saturated carbocycles. The summed E-state index contributed by atoms with van der Waals surface area (Å²) in [5.74, 6) is 0. The molecule has 1 atom stereocenters. The van der Waals surface area contributed by atoms with Gasteiger partial charge in [-0.3, -0.25) is 0 Å². The zero-order valence-electron chi connectivity index (χ0n) is 7.58. The van der Waals surface area contributed by atoms with E-state index in [1.165, 1.54) is 0 Å². The predicted molar refractivity (Wildman–Crippen MR) is 51.0 cm³/mol. The van der Waals surface area contributed by atoms with Gasteiger partial charge in [-0.05, 0) is 18.1 Å². The second-order valence-corrected chi connectivity index (χ2v) is 2.87. The molecule has 0 aromatic heterocycles. The van der Waals surface area contributed by atoms with Gasteiger partial charge in [0.05, 0.1) is 0 Å². The molecule has 0 amide bonds. The van der Waals surface area contributed by atoms with Crippen molar-refractivity contribution in [2.24, 2.45) is 0 Å². The van der Waals surface area contributed by atoms with Crippen LogP contribution in [0.2, 0.25) is 0 Å². The summed E-state index contributed by atoms with van der Waals surface area (Å²) in [4.78, 5) is 0. The van der Waals surface area contributed by atoms with E-state index in [0.29, 0.717) is 0 Å². The highest BCUT2D eigenvalue weighted by Crippen LogP contribution is 2.22. The topological polar surface area (TPSA) is 9.23 Å². The lowest BCUT2D eigenvalue weighted by molar-refractivity contribution is 0.133. The van der Waals surface area contributed by atoms with Crippen molar-refractivity contribution in [3.8, 4) is 0 Å². The largest absolute Gasteiger partial charge is 0.372 e. The first-order chi connectivity index (χ1) is 5.75. The molecule has 64 valence electrons. The van der Waals surface area contributed by atoms with Crippen LogP contribution in [-0.2, 0) is 4.74 Å². The zero-order chi connectivity index (χ0) is 8.97. The molecule has 0 aliphatic rings. The van der Waals surface area contributed by atoms with E-state index in [1.807, 2.05) is 37.3 Å². The van der Waals surface area contributed by atoms with Crippen molar-refractivity contribution in [1.82, 2.24) is 0 Å². The van der Waals surface area contributed by atoms with E-state index in [1.54, 1.807) is 7.11 Å². The Balaban J connectivity index is 2.88. The predicted octanol–water partition coefficient (Wildman–Crippen LogP) is 2.95. The van der Waals surface area contributed by atoms with Crippen LogP contribution in [0, 0.1) is 0 Å². The summed E-state index contributed by atoms with van der Waals surface area (Å²) in [6, 6.07) is 10.1. The number of methoxy groups -OCH3 is 1. The standard InChI is InChI=1S/C11H14O/c1-9(2)11(12-3)10-7-5-4-6-8-10/h4-8,11H,1H2,2-3H3/t11-/m0/s1. The molecule has 1 heteroatoms. The molecule has 1 rings (SSSR count). The van der Waals surface area contributed by atoms with E-state index in [0.717, 1.165) is 11.1 Å². The number of benzene rings is 1. The Morgan fingerprint density at radius 2 is 1.92 bits per heavy atom. The van der Waals surface area contributed by atoms with E-state index >= 15 is 0 Å². The van der Waals surface area contributed by atoms with E-state index in [9.17, 15) is 0 Å². The molecule has 0 radical (unpaired) electrons. The van der Waals surface area contributed by atoms with Crippen molar-refractivity contribution in [2.75, 3.05) is 7.11 Å². The molecule has 1 nitrogen and oxygen atoms in total. The summed E-state index contributed by atoms with van der Waals surface area (Å²) in [5.41, 5.74) is 2.19. The molecule has 0 fully saturated rings. The van der Waals surface area contributed by atoms with Crippen molar-refractivity contribution >= 4 is 0 Å². The van der Waals surface area contributed by atoms with Crippen LogP contribution >= 0.6 is 0 Å². The van der Waals surface area contributed by atoms with Gasteiger partial charge in [-0.15, -0.1) is 0 Å². The SMILES string of the molecule is C=C(C)[C@H](OC)c1ccccc1. The van der Waals surface area contributed by atoms with Crippen molar-refractivity contribution in [1.29, 1.82) is 0 Å². The Kier molecular flexibility index (Phi) is 3.06. The first-order valence-electron chi connectivity index (χ1n) is 3.99. The normalized spacial score (nSPS) is 12.5. The number of rotatable bonds is 3. The second kappa shape index (κ2) is 4.07. The van der Waals surface area contributed by atoms with Crippen molar-refractivity contribution in [3.63, 3.8) is 0 Å². The maximum absolute atomic E-state index is 5.30. The molecule has 0 aliphatic heterocycles. The third-order valence-electron chi connectivity index (χ3n) is 1.79. The van der Waals surface area contributed by atoms with E-state index in [2.05, 4.69) is 6.58 Å². The summed E-state index contributed by atoms with van der Waals surface area (Å²) in [6.45, 7) is 5.85. The first-order valence-corrected chi connectivity index (χ1v) is 3.99. The molecule has 0 aliphatic carbocycles. The highest BCUT2D eigenvalue weighted by Gasteiger charge is 2.08. The quantitative estimate of drug-likeness (QED) is 0.621. The van der Waals surface area contributed by atoms with Gasteiger partial charge in [0.15, 0.2) is 0 Å². The first kappa shape index (κ1) is 9.01. The molecule has 1 aromatic rings.